The lowest BCUT2D eigenvalue weighted by Crippen LogP contribution is -2.03. The van der Waals surface area contributed by atoms with Gasteiger partial charge in [0.25, 0.3) is 0 Å². The zero-order valence-corrected chi connectivity index (χ0v) is 10.2. The van der Waals surface area contributed by atoms with Crippen molar-refractivity contribution < 1.29 is 8.81 Å². The lowest BCUT2D eigenvalue weighted by molar-refractivity contribution is 0.515. The molecular weight excluding hydrogens is 271 g/mol. The van der Waals surface area contributed by atoms with Gasteiger partial charge in [-0.1, -0.05) is 23.7 Å². The van der Waals surface area contributed by atoms with Crippen molar-refractivity contribution in [3.63, 3.8) is 0 Å². The van der Waals surface area contributed by atoms with Crippen molar-refractivity contribution in [1.29, 1.82) is 0 Å². The molecule has 0 bridgehead atoms. The number of nitrogens with zero attached hydrogens (tertiary/aromatic N) is 2. The van der Waals surface area contributed by atoms with E-state index in [0.29, 0.717) is 10.9 Å². The van der Waals surface area contributed by atoms with Crippen LogP contribution in [0.2, 0.25) is 5.15 Å². The van der Waals surface area contributed by atoms with Gasteiger partial charge in [-0.25, -0.2) is 19.2 Å². The molecule has 0 aliphatic heterocycles. The molecule has 2 aromatic heterocycles. The van der Waals surface area contributed by atoms with Gasteiger partial charge in [0, 0.05) is 0 Å². The molecule has 3 aromatic rings. The second-order valence-electron chi connectivity index (χ2n) is 3.79. The highest BCUT2D eigenvalue weighted by Crippen LogP contribution is 2.20. The number of pyridine rings is 1. The molecule has 0 N–H and O–H groups in total. The highest BCUT2D eigenvalue weighted by molar-refractivity contribution is 6.29. The Bertz CT molecular complexity index is 832. The van der Waals surface area contributed by atoms with Crippen molar-refractivity contribution in [1.82, 2.24) is 9.97 Å². The predicted octanol–water partition coefficient (Wildman–Crippen LogP) is 3.04. The van der Waals surface area contributed by atoms with Crippen molar-refractivity contribution in [2.24, 2.45) is 0 Å². The molecule has 4 nitrogen and oxygen atoms in total. The quantitative estimate of drug-likeness (QED) is 0.641. The largest absolute Gasteiger partial charge is 0.401 e. The van der Waals surface area contributed by atoms with E-state index in [1.165, 1.54) is 6.07 Å². The van der Waals surface area contributed by atoms with Crippen LogP contribution in [0.5, 0.6) is 0 Å². The summed E-state index contributed by atoms with van der Waals surface area (Å²) in [5, 5.41) is 0.0783. The van der Waals surface area contributed by atoms with E-state index in [-0.39, 0.29) is 16.7 Å². The summed E-state index contributed by atoms with van der Waals surface area (Å²) in [5.74, 6) is -0.640. The summed E-state index contributed by atoms with van der Waals surface area (Å²) in [7, 11) is 0. The molecule has 0 saturated heterocycles. The lowest BCUT2D eigenvalue weighted by atomic mass is 10.2. The number of halogens is 2. The van der Waals surface area contributed by atoms with Crippen LogP contribution in [0.4, 0.5) is 4.39 Å². The van der Waals surface area contributed by atoms with Gasteiger partial charge in [-0.05, 0) is 24.3 Å². The summed E-state index contributed by atoms with van der Waals surface area (Å²) in [4.78, 5) is 19.7. The molecule has 19 heavy (non-hydrogen) atoms. The van der Waals surface area contributed by atoms with E-state index in [0.717, 1.165) is 6.07 Å². The number of aromatic nitrogens is 2. The van der Waals surface area contributed by atoms with Crippen LogP contribution in [0.15, 0.2) is 45.6 Å². The normalized spacial score (nSPS) is 10.8. The summed E-state index contributed by atoms with van der Waals surface area (Å²) in [6.07, 6.45) is 0. The summed E-state index contributed by atoms with van der Waals surface area (Å²) in [6, 6.07) is 9.25. The number of hydrogen-bond acceptors (Lipinski definition) is 4. The van der Waals surface area contributed by atoms with Crippen LogP contribution in [-0.4, -0.2) is 9.97 Å². The maximum absolute atomic E-state index is 13.0. The molecule has 0 amide bonds. The van der Waals surface area contributed by atoms with E-state index in [9.17, 15) is 9.18 Å². The van der Waals surface area contributed by atoms with E-state index >= 15 is 0 Å². The molecule has 94 valence electrons. The molecule has 0 radical (unpaired) electrons. The Balaban J connectivity index is 2.25. The minimum Gasteiger partial charge on any atom is -0.401 e. The Hall–Kier alpha value is -2.27. The molecule has 0 unspecified atom stereocenters. The lowest BCUT2D eigenvalue weighted by Gasteiger charge is -2.01. The third-order valence-corrected chi connectivity index (χ3v) is 2.82. The van der Waals surface area contributed by atoms with Crippen LogP contribution in [0, 0.1) is 5.82 Å². The Labute approximate surface area is 111 Å². The molecule has 0 spiro atoms. The monoisotopic (exact) mass is 276 g/mol. The van der Waals surface area contributed by atoms with Gasteiger partial charge >= 0.3 is 5.63 Å². The molecule has 0 atom stereocenters. The average molecular weight is 277 g/mol. The first kappa shape index (κ1) is 11.8. The predicted molar refractivity (Wildman–Crippen MR) is 68.5 cm³/mol. The molecule has 6 heteroatoms. The Kier molecular flexibility index (Phi) is 2.76. The second kappa shape index (κ2) is 4.44. The van der Waals surface area contributed by atoms with Crippen LogP contribution in [0.3, 0.4) is 0 Å². The molecule has 0 aliphatic rings. The van der Waals surface area contributed by atoms with E-state index in [2.05, 4.69) is 9.97 Å². The molecule has 0 aliphatic carbocycles. The topological polar surface area (TPSA) is 56.0 Å². The van der Waals surface area contributed by atoms with Crippen LogP contribution in [0.1, 0.15) is 0 Å². The first-order chi connectivity index (χ1) is 9.15. The minimum absolute atomic E-state index is 0.00519. The first-order valence-electron chi connectivity index (χ1n) is 5.37. The maximum atomic E-state index is 13.0. The van der Waals surface area contributed by atoms with Crippen molar-refractivity contribution in [2.45, 2.75) is 0 Å². The Morgan fingerprint density at radius 3 is 2.68 bits per heavy atom. The van der Waals surface area contributed by atoms with Gasteiger partial charge in [0.2, 0.25) is 5.89 Å². The number of rotatable bonds is 1. The zero-order valence-electron chi connectivity index (χ0n) is 9.43. The third kappa shape index (κ3) is 2.08. The number of para-hydroxylation sites is 1. The van der Waals surface area contributed by atoms with Gasteiger partial charge in [0.15, 0.2) is 11.0 Å². The fourth-order valence-corrected chi connectivity index (χ4v) is 1.82. The number of benzene rings is 1. The summed E-state index contributed by atoms with van der Waals surface area (Å²) < 4.78 is 18.1. The molecule has 2 heterocycles. The SMILES string of the molecule is O=c1oc(-c2ccc(F)c(Cl)n2)nc2ccccc12. The second-order valence-corrected chi connectivity index (χ2v) is 4.15. The standard InChI is InChI=1S/C13H6ClFN2O2/c14-11-8(15)5-6-10(16-11)12-17-9-4-2-1-3-7(9)13(18)19-12/h1-6H. The fourth-order valence-electron chi connectivity index (χ4n) is 1.66. The molecule has 0 saturated carbocycles. The minimum atomic E-state index is -0.645. The maximum Gasteiger partial charge on any atom is 0.347 e. The molecular formula is C13H6ClFN2O2. The van der Waals surface area contributed by atoms with Crippen molar-refractivity contribution in [3.05, 3.63) is 57.8 Å². The van der Waals surface area contributed by atoms with Gasteiger partial charge in [0.1, 0.15) is 5.69 Å². The van der Waals surface area contributed by atoms with E-state index < -0.39 is 11.4 Å². The van der Waals surface area contributed by atoms with Crippen LogP contribution in [0.25, 0.3) is 22.5 Å². The molecule has 1 aromatic carbocycles. The fraction of sp³-hybridized carbons (Fsp3) is 0. The van der Waals surface area contributed by atoms with Crippen LogP contribution >= 0.6 is 11.6 Å². The smallest absolute Gasteiger partial charge is 0.347 e. The van der Waals surface area contributed by atoms with Gasteiger partial charge in [-0.2, -0.15) is 0 Å². The van der Waals surface area contributed by atoms with Crippen LogP contribution < -0.4 is 5.63 Å². The van der Waals surface area contributed by atoms with E-state index in [1.54, 1.807) is 24.3 Å². The van der Waals surface area contributed by atoms with Crippen molar-refractivity contribution in [2.75, 3.05) is 0 Å². The molecule has 3 rings (SSSR count). The van der Waals surface area contributed by atoms with Gasteiger partial charge in [0.05, 0.1) is 10.9 Å². The highest BCUT2D eigenvalue weighted by Gasteiger charge is 2.11. The first-order valence-corrected chi connectivity index (χ1v) is 5.75. The summed E-state index contributed by atoms with van der Waals surface area (Å²) in [6.45, 7) is 0. The van der Waals surface area contributed by atoms with Crippen molar-refractivity contribution >= 4 is 22.5 Å². The zero-order chi connectivity index (χ0) is 13.4. The van der Waals surface area contributed by atoms with Crippen molar-refractivity contribution in [3.8, 4) is 11.6 Å². The summed E-state index contributed by atoms with van der Waals surface area (Å²) in [5.41, 5.74) is 0.160. The van der Waals surface area contributed by atoms with E-state index in [4.69, 9.17) is 16.0 Å². The van der Waals surface area contributed by atoms with Gasteiger partial charge < -0.3 is 4.42 Å². The number of fused-ring (bicyclic) bond motifs is 1. The highest BCUT2D eigenvalue weighted by atomic mass is 35.5. The number of hydrogen-bond donors (Lipinski definition) is 0. The van der Waals surface area contributed by atoms with Crippen LogP contribution in [-0.2, 0) is 0 Å². The van der Waals surface area contributed by atoms with E-state index in [1.807, 2.05) is 0 Å². The van der Waals surface area contributed by atoms with Gasteiger partial charge in [-0.3, -0.25) is 0 Å². The summed E-state index contributed by atoms with van der Waals surface area (Å²) >= 11 is 5.59. The van der Waals surface area contributed by atoms with Gasteiger partial charge in [-0.15, -0.1) is 0 Å². The molecule has 0 fully saturated rings. The Morgan fingerprint density at radius 2 is 1.89 bits per heavy atom. The average Bonchev–Trinajstić information content (AvgIpc) is 2.42. The third-order valence-electron chi connectivity index (χ3n) is 2.56. The Morgan fingerprint density at radius 1 is 1.11 bits per heavy atom.